The fourth-order valence-corrected chi connectivity index (χ4v) is 5.56. The van der Waals surface area contributed by atoms with E-state index in [4.69, 9.17) is 0 Å². The van der Waals surface area contributed by atoms with Gasteiger partial charge in [0, 0.05) is 62.0 Å². The van der Waals surface area contributed by atoms with Gasteiger partial charge in [-0.2, -0.15) is 0 Å². The Morgan fingerprint density at radius 2 is 0.850 bits per heavy atom. The number of aromatic hydroxyl groups is 2. The van der Waals surface area contributed by atoms with Crippen molar-refractivity contribution in [1.29, 1.82) is 0 Å². The molecule has 6 heteroatoms. The highest BCUT2D eigenvalue weighted by atomic mass is 16.3. The van der Waals surface area contributed by atoms with Gasteiger partial charge in [0.05, 0.1) is 0 Å². The van der Waals surface area contributed by atoms with Crippen LogP contribution in [0, 0.1) is 0 Å². The first-order valence-corrected chi connectivity index (χ1v) is 13.7. The van der Waals surface area contributed by atoms with Gasteiger partial charge in [0.2, 0.25) is 11.8 Å². The quantitative estimate of drug-likeness (QED) is 0.312. The molecule has 4 aromatic carbocycles. The zero-order valence-corrected chi connectivity index (χ0v) is 22.4. The Balaban J connectivity index is 1.25. The van der Waals surface area contributed by atoms with Crippen LogP contribution in [0.3, 0.4) is 0 Å². The van der Waals surface area contributed by atoms with Crippen LogP contribution in [0.5, 0.6) is 11.5 Å². The summed E-state index contributed by atoms with van der Waals surface area (Å²) >= 11 is 0. The van der Waals surface area contributed by atoms with Crippen molar-refractivity contribution in [3.8, 4) is 11.5 Å². The first-order chi connectivity index (χ1) is 19.5. The van der Waals surface area contributed by atoms with Gasteiger partial charge in [0.25, 0.3) is 0 Å². The van der Waals surface area contributed by atoms with E-state index in [0.29, 0.717) is 26.2 Å². The third-order valence-electron chi connectivity index (χ3n) is 7.77. The fraction of sp³-hybridized carbons (Fsp3) is 0.235. The standard InChI is InChI=1S/C34H34N2O4/c37-31-17-9-7-15-27(31)29(25-11-3-1-4-12-25)23-33(39)35-19-21-36(22-20-35)34(40)24-30(26-13-5-2-6-14-26)28-16-8-10-18-32(28)38/h1-18,29-30,37-38H,19-24H2/t29-,30+. The van der Waals surface area contributed by atoms with Crippen LogP contribution in [-0.4, -0.2) is 58.0 Å². The summed E-state index contributed by atoms with van der Waals surface area (Å²) in [7, 11) is 0. The number of rotatable bonds is 8. The topological polar surface area (TPSA) is 81.1 Å². The van der Waals surface area contributed by atoms with Gasteiger partial charge in [0.1, 0.15) is 11.5 Å². The largest absolute Gasteiger partial charge is 0.508 e. The molecule has 1 heterocycles. The average molecular weight is 535 g/mol. The maximum absolute atomic E-state index is 13.4. The number of amides is 2. The average Bonchev–Trinajstić information content (AvgIpc) is 3.00. The molecule has 204 valence electrons. The summed E-state index contributed by atoms with van der Waals surface area (Å²) in [6.07, 6.45) is 0.470. The van der Waals surface area contributed by atoms with E-state index in [-0.39, 0.29) is 48.0 Å². The number of carbonyl (C=O) groups is 2. The number of para-hydroxylation sites is 2. The summed E-state index contributed by atoms with van der Waals surface area (Å²) in [5, 5.41) is 21.1. The molecular formula is C34H34N2O4. The molecule has 0 aliphatic carbocycles. The minimum absolute atomic E-state index is 0.000532. The van der Waals surface area contributed by atoms with Crippen LogP contribution < -0.4 is 0 Å². The number of hydrogen-bond acceptors (Lipinski definition) is 4. The number of benzene rings is 4. The van der Waals surface area contributed by atoms with Crippen molar-refractivity contribution in [2.45, 2.75) is 24.7 Å². The zero-order valence-electron chi connectivity index (χ0n) is 22.4. The Labute approximate surface area is 235 Å². The molecule has 1 aliphatic heterocycles. The molecule has 4 aromatic rings. The molecule has 0 spiro atoms. The van der Waals surface area contributed by atoms with Crippen molar-refractivity contribution < 1.29 is 19.8 Å². The lowest BCUT2D eigenvalue weighted by atomic mass is 9.87. The Kier molecular flexibility index (Phi) is 8.45. The summed E-state index contributed by atoms with van der Waals surface area (Å²) in [5.41, 5.74) is 3.41. The minimum atomic E-state index is -0.264. The molecular weight excluding hydrogens is 500 g/mol. The predicted octanol–water partition coefficient (Wildman–Crippen LogP) is 5.51. The lowest BCUT2D eigenvalue weighted by Crippen LogP contribution is -2.51. The second-order valence-corrected chi connectivity index (χ2v) is 10.2. The van der Waals surface area contributed by atoms with Crippen molar-refractivity contribution >= 4 is 11.8 Å². The number of hydrogen-bond donors (Lipinski definition) is 2. The van der Waals surface area contributed by atoms with Crippen molar-refractivity contribution in [2.24, 2.45) is 0 Å². The van der Waals surface area contributed by atoms with Gasteiger partial charge in [0.15, 0.2) is 0 Å². The third-order valence-corrected chi connectivity index (χ3v) is 7.77. The second kappa shape index (κ2) is 12.5. The van der Waals surface area contributed by atoms with Crippen molar-refractivity contribution in [2.75, 3.05) is 26.2 Å². The number of phenolic OH excluding ortho intramolecular Hbond substituents is 2. The highest BCUT2D eigenvalue weighted by Gasteiger charge is 2.30. The molecule has 2 amide bonds. The van der Waals surface area contributed by atoms with Gasteiger partial charge in [-0.1, -0.05) is 97.1 Å². The second-order valence-electron chi connectivity index (χ2n) is 10.2. The van der Waals surface area contributed by atoms with Crippen molar-refractivity contribution in [1.82, 2.24) is 9.80 Å². The van der Waals surface area contributed by atoms with E-state index in [2.05, 4.69) is 0 Å². The predicted molar refractivity (Wildman–Crippen MR) is 155 cm³/mol. The van der Waals surface area contributed by atoms with Crippen molar-refractivity contribution in [3.63, 3.8) is 0 Å². The summed E-state index contributed by atoms with van der Waals surface area (Å²) in [5.74, 6) is -0.172. The summed E-state index contributed by atoms with van der Waals surface area (Å²) in [6, 6.07) is 33.9. The maximum atomic E-state index is 13.4. The van der Waals surface area contributed by atoms with Gasteiger partial charge in [-0.3, -0.25) is 9.59 Å². The Bertz CT molecular complexity index is 1320. The van der Waals surface area contributed by atoms with Crippen LogP contribution in [0.2, 0.25) is 0 Å². The molecule has 0 radical (unpaired) electrons. The van der Waals surface area contributed by atoms with E-state index in [1.807, 2.05) is 94.7 Å². The molecule has 0 bridgehead atoms. The van der Waals surface area contributed by atoms with Crippen LogP contribution >= 0.6 is 0 Å². The number of phenols is 2. The minimum Gasteiger partial charge on any atom is -0.508 e. The molecule has 0 aromatic heterocycles. The SMILES string of the molecule is O=C(C[C@H](c1ccccc1)c1ccccc1O)N1CCN(C(=O)C[C@@H](c2ccccc2)c2ccccc2O)CC1. The summed E-state index contributed by atoms with van der Waals surface area (Å²) in [4.78, 5) is 30.5. The first-order valence-electron chi connectivity index (χ1n) is 13.7. The smallest absolute Gasteiger partial charge is 0.223 e. The van der Waals surface area contributed by atoms with Crippen LogP contribution in [0.1, 0.15) is 46.9 Å². The van der Waals surface area contributed by atoms with Gasteiger partial charge in [-0.15, -0.1) is 0 Å². The van der Waals surface area contributed by atoms with E-state index in [1.165, 1.54) is 0 Å². The summed E-state index contributed by atoms with van der Waals surface area (Å²) < 4.78 is 0. The van der Waals surface area contributed by atoms with Crippen molar-refractivity contribution in [3.05, 3.63) is 131 Å². The van der Waals surface area contributed by atoms with Crippen LogP contribution in [-0.2, 0) is 9.59 Å². The van der Waals surface area contributed by atoms with Crippen LogP contribution in [0.15, 0.2) is 109 Å². The lowest BCUT2D eigenvalue weighted by Gasteiger charge is -2.36. The van der Waals surface area contributed by atoms with E-state index < -0.39 is 0 Å². The molecule has 0 unspecified atom stereocenters. The Hall–Kier alpha value is -4.58. The van der Waals surface area contributed by atoms with E-state index in [0.717, 1.165) is 22.3 Å². The van der Waals surface area contributed by atoms with Gasteiger partial charge < -0.3 is 20.0 Å². The summed E-state index contributed by atoms with van der Waals surface area (Å²) in [6.45, 7) is 1.83. The first kappa shape index (κ1) is 27.0. The molecule has 6 nitrogen and oxygen atoms in total. The highest BCUT2D eigenvalue weighted by molar-refractivity contribution is 5.80. The molecule has 2 N–H and O–H groups in total. The fourth-order valence-electron chi connectivity index (χ4n) is 5.56. The van der Waals surface area contributed by atoms with Crippen LogP contribution in [0.25, 0.3) is 0 Å². The van der Waals surface area contributed by atoms with Gasteiger partial charge in [-0.05, 0) is 23.3 Å². The number of carbonyl (C=O) groups excluding carboxylic acids is 2. The Morgan fingerprint density at radius 1 is 0.525 bits per heavy atom. The van der Waals surface area contributed by atoms with Gasteiger partial charge >= 0.3 is 0 Å². The number of nitrogens with zero attached hydrogens (tertiary/aromatic N) is 2. The zero-order chi connectivity index (χ0) is 27.9. The molecule has 40 heavy (non-hydrogen) atoms. The number of piperazine rings is 1. The van der Waals surface area contributed by atoms with E-state index in [1.54, 1.807) is 24.3 Å². The lowest BCUT2D eigenvalue weighted by molar-refractivity contribution is -0.139. The van der Waals surface area contributed by atoms with E-state index >= 15 is 0 Å². The molecule has 0 saturated carbocycles. The molecule has 2 atom stereocenters. The molecule has 1 fully saturated rings. The normalized spacial score (nSPS) is 14.9. The molecule has 5 rings (SSSR count). The van der Waals surface area contributed by atoms with E-state index in [9.17, 15) is 19.8 Å². The third kappa shape index (κ3) is 6.18. The monoisotopic (exact) mass is 534 g/mol. The van der Waals surface area contributed by atoms with Crippen LogP contribution in [0.4, 0.5) is 0 Å². The molecule has 1 aliphatic rings. The Morgan fingerprint density at radius 3 is 1.20 bits per heavy atom. The maximum Gasteiger partial charge on any atom is 0.223 e. The molecule has 1 saturated heterocycles. The highest BCUT2D eigenvalue weighted by Crippen LogP contribution is 2.35. The van der Waals surface area contributed by atoms with Gasteiger partial charge in [-0.25, -0.2) is 0 Å².